The molecule has 3 aromatic rings. The maximum absolute atomic E-state index is 12.4. The van der Waals surface area contributed by atoms with E-state index in [0.29, 0.717) is 36.1 Å². The molecule has 7 heteroatoms. The first kappa shape index (κ1) is 16.8. The van der Waals surface area contributed by atoms with Crippen molar-refractivity contribution in [1.82, 2.24) is 19.9 Å². The Bertz CT molecular complexity index is 1000. The van der Waals surface area contributed by atoms with Crippen molar-refractivity contribution in [3.05, 3.63) is 74.8 Å². The molecule has 0 atom stereocenters. The summed E-state index contributed by atoms with van der Waals surface area (Å²) in [4.78, 5) is 26.3. The van der Waals surface area contributed by atoms with E-state index >= 15 is 0 Å². The molecule has 0 fully saturated rings. The van der Waals surface area contributed by atoms with E-state index in [9.17, 15) is 9.90 Å². The average molecular weight is 369 g/mol. The van der Waals surface area contributed by atoms with Gasteiger partial charge in [-0.2, -0.15) is 0 Å². The monoisotopic (exact) mass is 368 g/mol. The maximum Gasteiger partial charge on any atom is 0.254 e. The first-order valence-electron chi connectivity index (χ1n) is 8.34. The van der Waals surface area contributed by atoms with Crippen LogP contribution in [0.4, 0.5) is 0 Å². The van der Waals surface area contributed by atoms with Crippen molar-refractivity contribution >= 4 is 11.6 Å². The van der Waals surface area contributed by atoms with Crippen LogP contribution in [0.15, 0.2) is 47.4 Å². The predicted octanol–water partition coefficient (Wildman–Crippen LogP) is 2.75. The summed E-state index contributed by atoms with van der Waals surface area (Å²) in [5.74, 6) is 0.556. The number of phenolic OH excluding ortho intramolecular Hbond substituents is 1. The van der Waals surface area contributed by atoms with Crippen LogP contribution in [0, 0.1) is 0 Å². The molecule has 26 heavy (non-hydrogen) atoms. The first-order valence-corrected chi connectivity index (χ1v) is 8.72. The zero-order chi connectivity index (χ0) is 18.1. The largest absolute Gasteiger partial charge is 0.506 e. The van der Waals surface area contributed by atoms with Gasteiger partial charge >= 0.3 is 0 Å². The molecule has 1 aliphatic heterocycles. The molecule has 2 aromatic heterocycles. The lowest BCUT2D eigenvalue weighted by atomic mass is 10.1. The quantitative estimate of drug-likeness (QED) is 0.742. The second kappa shape index (κ2) is 6.90. The fraction of sp³-hybridized carbons (Fsp3) is 0.211. The van der Waals surface area contributed by atoms with Crippen molar-refractivity contribution < 1.29 is 5.11 Å². The van der Waals surface area contributed by atoms with Gasteiger partial charge in [-0.3, -0.25) is 14.7 Å². The lowest BCUT2D eigenvalue weighted by Gasteiger charge is -2.28. The minimum absolute atomic E-state index is 0.0774. The number of nitrogens with one attached hydrogen (secondary N) is 1. The van der Waals surface area contributed by atoms with Crippen LogP contribution in [0.2, 0.25) is 5.02 Å². The molecular weight excluding hydrogens is 352 g/mol. The minimum Gasteiger partial charge on any atom is -0.506 e. The van der Waals surface area contributed by atoms with E-state index in [2.05, 4.69) is 19.9 Å². The Morgan fingerprint density at radius 3 is 2.92 bits per heavy atom. The number of benzene rings is 1. The molecule has 0 radical (unpaired) electrons. The van der Waals surface area contributed by atoms with Crippen LogP contribution in [-0.4, -0.2) is 31.5 Å². The zero-order valence-electron chi connectivity index (χ0n) is 13.9. The van der Waals surface area contributed by atoms with E-state index in [1.54, 1.807) is 18.3 Å². The van der Waals surface area contributed by atoms with Crippen LogP contribution in [0.1, 0.15) is 16.8 Å². The van der Waals surface area contributed by atoms with Gasteiger partial charge in [0.1, 0.15) is 11.4 Å². The predicted molar refractivity (Wildman–Crippen MR) is 99.0 cm³/mol. The molecule has 1 aromatic carbocycles. The van der Waals surface area contributed by atoms with Gasteiger partial charge < -0.3 is 10.1 Å². The molecule has 3 heterocycles. The molecule has 4 rings (SSSR count). The highest BCUT2D eigenvalue weighted by molar-refractivity contribution is 6.32. The SMILES string of the molecule is O=c1[nH]c(-c2ccccn2)nc2c1CCN(Cc1cccc(O)c1Cl)C2. The minimum atomic E-state index is -0.106. The van der Waals surface area contributed by atoms with Gasteiger partial charge in [-0.15, -0.1) is 0 Å². The Morgan fingerprint density at radius 2 is 2.12 bits per heavy atom. The Balaban J connectivity index is 1.63. The van der Waals surface area contributed by atoms with E-state index in [0.717, 1.165) is 23.4 Å². The van der Waals surface area contributed by atoms with Crippen LogP contribution < -0.4 is 5.56 Å². The van der Waals surface area contributed by atoms with Gasteiger partial charge in [0.2, 0.25) is 0 Å². The molecular formula is C19H17ClN4O2. The lowest BCUT2D eigenvalue weighted by Crippen LogP contribution is -2.35. The number of H-pyrrole nitrogens is 1. The van der Waals surface area contributed by atoms with Crippen molar-refractivity contribution in [2.45, 2.75) is 19.5 Å². The van der Waals surface area contributed by atoms with Gasteiger partial charge in [-0.25, -0.2) is 4.98 Å². The highest BCUT2D eigenvalue weighted by Gasteiger charge is 2.22. The summed E-state index contributed by atoms with van der Waals surface area (Å²) in [6, 6.07) is 10.7. The van der Waals surface area contributed by atoms with E-state index in [4.69, 9.17) is 11.6 Å². The van der Waals surface area contributed by atoms with Crippen LogP contribution in [0.3, 0.4) is 0 Å². The molecule has 0 bridgehead atoms. The number of rotatable bonds is 3. The summed E-state index contributed by atoms with van der Waals surface area (Å²) in [6.07, 6.45) is 2.29. The van der Waals surface area contributed by atoms with E-state index in [-0.39, 0.29) is 11.3 Å². The number of aromatic nitrogens is 3. The van der Waals surface area contributed by atoms with Crippen LogP contribution in [0.25, 0.3) is 11.5 Å². The number of fused-ring (bicyclic) bond motifs is 1. The third-order valence-electron chi connectivity index (χ3n) is 4.51. The molecule has 0 amide bonds. The molecule has 0 unspecified atom stereocenters. The highest BCUT2D eigenvalue weighted by atomic mass is 35.5. The van der Waals surface area contributed by atoms with Crippen molar-refractivity contribution in [3.8, 4) is 17.3 Å². The first-order chi connectivity index (χ1) is 12.6. The second-order valence-corrected chi connectivity index (χ2v) is 6.64. The van der Waals surface area contributed by atoms with Crippen LogP contribution in [0.5, 0.6) is 5.75 Å². The van der Waals surface area contributed by atoms with Crippen molar-refractivity contribution in [2.75, 3.05) is 6.54 Å². The van der Waals surface area contributed by atoms with Gasteiger partial charge in [-0.1, -0.05) is 29.8 Å². The summed E-state index contributed by atoms with van der Waals surface area (Å²) in [7, 11) is 0. The number of aromatic amines is 1. The lowest BCUT2D eigenvalue weighted by molar-refractivity contribution is 0.240. The van der Waals surface area contributed by atoms with Gasteiger partial charge in [-0.05, 0) is 30.2 Å². The third-order valence-corrected chi connectivity index (χ3v) is 4.95. The Hall–Kier alpha value is -2.70. The summed E-state index contributed by atoms with van der Waals surface area (Å²) in [5, 5.41) is 10.1. The van der Waals surface area contributed by atoms with Gasteiger partial charge in [0.05, 0.1) is 10.7 Å². The standard InChI is InChI=1S/C19H17ClN4O2/c20-17-12(4-3-6-16(17)25)10-24-9-7-13-15(11-24)22-18(23-19(13)26)14-5-1-2-8-21-14/h1-6,8,25H,7,9-11H2,(H,22,23,26). The van der Waals surface area contributed by atoms with E-state index < -0.39 is 0 Å². The fourth-order valence-electron chi connectivity index (χ4n) is 3.18. The van der Waals surface area contributed by atoms with Gasteiger partial charge in [0.25, 0.3) is 5.56 Å². The second-order valence-electron chi connectivity index (χ2n) is 6.27. The van der Waals surface area contributed by atoms with Crippen LogP contribution in [-0.2, 0) is 19.5 Å². The van der Waals surface area contributed by atoms with Gasteiger partial charge in [0.15, 0.2) is 5.82 Å². The topological polar surface area (TPSA) is 82.1 Å². The summed E-state index contributed by atoms with van der Waals surface area (Å²) >= 11 is 6.19. The summed E-state index contributed by atoms with van der Waals surface area (Å²) in [5.41, 5.74) is 2.87. The van der Waals surface area contributed by atoms with Crippen LogP contribution >= 0.6 is 11.6 Å². The zero-order valence-corrected chi connectivity index (χ0v) is 14.7. The Labute approximate surface area is 155 Å². The van der Waals surface area contributed by atoms with E-state index in [1.807, 2.05) is 24.3 Å². The average Bonchev–Trinajstić information content (AvgIpc) is 2.66. The summed E-state index contributed by atoms with van der Waals surface area (Å²) < 4.78 is 0. The maximum atomic E-state index is 12.4. The normalized spacial score (nSPS) is 14.2. The molecule has 0 saturated heterocycles. The molecule has 0 spiro atoms. The van der Waals surface area contributed by atoms with E-state index in [1.165, 1.54) is 0 Å². The van der Waals surface area contributed by atoms with Crippen molar-refractivity contribution in [3.63, 3.8) is 0 Å². The van der Waals surface area contributed by atoms with Crippen molar-refractivity contribution in [2.24, 2.45) is 0 Å². The smallest absolute Gasteiger partial charge is 0.254 e. The summed E-state index contributed by atoms with van der Waals surface area (Å²) in [6.45, 7) is 1.86. The van der Waals surface area contributed by atoms with Crippen molar-refractivity contribution in [1.29, 1.82) is 0 Å². The number of phenols is 1. The highest BCUT2D eigenvalue weighted by Crippen LogP contribution is 2.28. The number of hydrogen-bond donors (Lipinski definition) is 2. The number of aromatic hydroxyl groups is 1. The number of halogens is 1. The van der Waals surface area contributed by atoms with Gasteiger partial charge in [0, 0.05) is 31.4 Å². The molecule has 132 valence electrons. The Kier molecular flexibility index (Phi) is 4.44. The molecule has 1 aliphatic rings. The number of nitrogens with zero attached hydrogens (tertiary/aromatic N) is 3. The number of hydrogen-bond acceptors (Lipinski definition) is 5. The number of pyridine rings is 1. The third kappa shape index (κ3) is 3.21. The molecule has 6 nitrogen and oxygen atoms in total. The fourth-order valence-corrected chi connectivity index (χ4v) is 3.37. The Morgan fingerprint density at radius 1 is 1.23 bits per heavy atom. The molecule has 0 saturated carbocycles. The molecule has 0 aliphatic carbocycles. The molecule has 2 N–H and O–H groups in total.